The molecule has 2 atom stereocenters. The number of hydrogen-bond acceptors (Lipinski definition) is 4. The number of hydrogen-bond donors (Lipinski definition) is 1. The third-order valence-corrected chi connectivity index (χ3v) is 6.13. The molecule has 0 spiro atoms. The maximum Gasteiger partial charge on any atom is 0.308 e. The van der Waals surface area contributed by atoms with Gasteiger partial charge in [-0.1, -0.05) is 12.1 Å². The van der Waals surface area contributed by atoms with E-state index < -0.39 is 11.9 Å². The monoisotopic (exact) mass is 373 g/mol. The Kier molecular flexibility index (Phi) is 5.32. The second kappa shape index (κ2) is 7.50. The van der Waals surface area contributed by atoms with Gasteiger partial charge in [-0.05, 0) is 56.0 Å². The lowest BCUT2D eigenvalue weighted by Gasteiger charge is -2.37. The predicted octanol–water partition coefficient (Wildman–Crippen LogP) is 4.06. The van der Waals surface area contributed by atoms with Crippen LogP contribution in [0.5, 0.6) is 5.75 Å². The lowest BCUT2D eigenvalue weighted by atomic mass is 9.90. The second-order valence-electron chi connectivity index (χ2n) is 6.64. The van der Waals surface area contributed by atoms with Gasteiger partial charge in [0.25, 0.3) is 5.91 Å². The van der Waals surface area contributed by atoms with Gasteiger partial charge in [-0.25, -0.2) is 0 Å². The van der Waals surface area contributed by atoms with E-state index in [1.807, 2.05) is 44.2 Å². The van der Waals surface area contributed by atoms with Crippen molar-refractivity contribution < 1.29 is 19.4 Å². The Hall–Kier alpha value is -2.34. The van der Waals surface area contributed by atoms with Gasteiger partial charge in [0.15, 0.2) is 0 Å². The van der Waals surface area contributed by atoms with Crippen LogP contribution in [0.25, 0.3) is 11.1 Å². The number of aliphatic carboxylic acids is 1. The minimum Gasteiger partial charge on any atom is -0.497 e. The fourth-order valence-electron chi connectivity index (χ4n) is 3.55. The molecule has 3 rings (SSSR count). The molecule has 1 aliphatic heterocycles. The number of methoxy groups -OCH3 is 1. The number of rotatable bonds is 4. The summed E-state index contributed by atoms with van der Waals surface area (Å²) in [7, 11) is 1.63. The molecule has 0 saturated carbocycles. The van der Waals surface area contributed by atoms with Crippen molar-refractivity contribution in [1.82, 2.24) is 4.90 Å². The van der Waals surface area contributed by atoms with Crippen LogP contribution in [0.1, 0.15) is 34.3 Å². The lowest BCUT2D eigenvalue weighted by molar-refractivity contribution is -0.144. The van der Waals surface area contributed by atoms with Gasteiger partial charge >= 0.3 is 5.97 Å². The van der Waals surface area contributed by atoms with E-state index in [2.05, 4.69) is 0 Å². The van der Waals surface area contributed by atoms with Crippen molar-refractivity contribution in [3.8, 4) is 16.9 Å². The number of likely N-dealkylation sites (tertiary alicyclic amines) is 1. The first-order valence-electron chi connectivity index (χ1n) is 8.71. The summed E-state index contributed by atoms with van der Waals surface area (Å²) in [5, 5.41) is 9.37. The molecular weight excluding hydrogens is 350 g/mol. The van der Waals surface area contributed by atoms with Gasteiger partial charge in [-0.3, -0.25) is 9.59 Å². The molecule has 1 fully saturated rings. The first kappa shape index (κ1) is 18.5. The van der Waals surface area contributed by atoms with Crippen LogP contribution in [-0.2, 0) is 4.79 Å². The van der Waals surface area contributed by atoms with Crippen molar-refractivity contribution in [1.29, 1.82) is 0 Å². The largest absolute Gasteiger partial charge is 0.497 e. The summed E-state index contributed by atoms with van der Waals surface area (Å²) in [5.74, 6) is -0.595. The highest BCUT2D eigenvalue weighted by Crippen LogP contribution is 2.34. The molecule has 6 heteroatoms. The zero-order chi connectivity index (χ0) is 18.8. The molecule has 1 N–H and O–H groups in total. The Bertz CT molecular complexity index is 812. The van der Waals surface area contributed by atoms with Crippen molar-refractivity contribution >= 4 is 23.2 Å². The highest BCUT2D eigenvalue weighted by molar-refractivity contribution is 7.14. The Labute approximate surface area is 157 Å². The molecule has 1 saturated heterocycles. The van der Waals surface area contributed by atoms with Crippen molar-refractivity contribution in [2.45, 2.75) is 32.7 Å². The molecule has 1 aromatic heterocycles. The van der Waals surface area contributed by atoms with Gasteiger partial charge in [0.05, 0.1) is 17.9 Å². The highest BCUT2D eigenvalue weighted by atomic mass is 32.1. The second-order valence-corrected chi connectivity index (χ2v) is 7.89. The maximum absolute atomic E-state index is 13.0. The Morgan fingerprint density at radius 1 is 1.27 bits per heavy atom. The van der Waals surface area contributed by atoms with Crippen LogP contribution in [0, 0.1) is 12.8 Å². The summed E-state index contributed by atoms with van der Waals surface area (Å²) in [6.07, 6.45) is 1.35. The molecule has 2 aromatic rings. The summed E-state index contributed by atoms with van der Waals surface area (Å²) in [5.41, 5.74) is 2.06. The van der Waals surface area contributed by atoms with Crippen molar-refractivity contribution in [2.24, 2.45) is 5.92 Å². The minimum atomic E-state index is -0.823. The summed E-state index contributed by atoms with van der Waals surface area (Å²) in [6, 6.07) is 9.39. The average Bonchev–Trinajstić information content (AvgIpc) is 3.03. The summed E-state index contributed by atoms with van der Waals surface area (Å²) in [4.78, 5) is 27.9. The zero-order valence-corrected chi connectivity index (χ0v) is 16.0. The molecule has 138 valence electrons. The molecule has 1 aromatic carbocycles. The molecule has 0 bridgehead atoms. The van der Waals surface area contributed by atoms with E-state index in [0.717, 1.165) is 28.2 Å². The summed E-state index contributed by atoms with van der Waals surface area (Å²) >= 11 is 1.46. The number of carboxylic acids is 1. The van der Waals surface area contributed by atoms with Gasteiger partial charge in [-0.2, -0.15) is 0 Å². The van der Waals surface area contributed by atoms with Crippen molar-refractivity contribution in [3.63, 3.8) is 0 Å². The first-order valence-corrected chi connectivity index (χ1v) is 9.52. The summed E-state index contributed by atoms with van der Waals surface area (Å²) < 4.78 is 5.19. The van der Waals surface area contributed by atoms with E-state index in [1.54, 1.807) is 12.0 Å². The number of benzene rings is 1. The number of thiophene rings is 1. The number of piperidine rings is 1. The Morgan fingerprint density at radius 3 is 2.58 bits per heavy atom. The fourth-order valence-corrected chi connectivity index (χ4v) is 4.54. The van der Waals surface area contributed by atoms with Crippen LogP contribution in [0.4, 0.5) is 0 Å². The molecule has 5 nitrogen and oxygen atoms in total. The standard InChI is InChI=1S/C20H23NO4S/c1-12-16(20(23)24)5-4-10-21(12)19(22)18-11-17(13(2)26-18)14-6-8-15(25-3)9-7-14/h6-9,11-12,16H,4-5,10H2,1-3H3,(H,23,24)/t12-,16-/m0/s1. The van der Waals surface area contributed by atoms with Crippen LogP contribution in [0.2, 0.25) is 0 Å². The molecule has 1 aliphatic rings. The third kappa shape index (κ3) is 3.46. The molecule has 26 heavy (non-hydrogen) atoms. The Morgan fingerprint density at radius 2 is 1.96 bits per heavy atom. The van der Waals surface area contributed by atoms with Crippen LogP contribution in [0.15, 0.2) is 30.3 Å². The van der Waals surface area contributed by atoms with Crippen molar-refractivity contribution in [2.75, 3.05) is 13.7 Å². The van der Waals surface area contributed by atoms with E-state index in [9.17, 15) is 14.7 Å². The van der Waals surface area contributed by atoms with E-state index in [0.29, 0.717) is 17.8 Å². The third-order valence-electron chi connectivity index (χ3n) is 5.10. The normalized spacial score (nSPS) is 20.0. The predicted molar refractivity (Wildman–Crippen MR) is 102 cm³/mol. The maximum atomic E-state index is 13.0. The number of carbonyl (C=O) groups excluding carboxylic acids is 1. The fraction of sp³-hybridized carbons (Fsp3) is 0.400. The number of nitrogens with zero attached hydrogens (tertiary/aromatic N) is 1. The van der Waals surface area contributed by atoms with Gasteiger partial charge in [0, 0.05) is 17.5 Å². The summed E-state index contributed by atoms with van der Waals surface area (Å²) in [6.45, 7) is 4.44. The highest BCUT2D eigenvalue weighted by Gasteiger charge is 2.36. The smallest absolute Gasteiger partial charge is 0.308 e. The molecule has 2 heterocycles. The molecule has 1 amide bonds. The topological polar surface area (TPSA) is 66.8 Å². The number of ether oxygens (including phenoxy) is 1. The average molecular weight is 373 g/mol. The van der Waals surface area contributed by atoms with Crippen LogP contribution in [0.3, 0.4) is 0 Å². The lowest BCUT2D eigenvalue weighted by Crippen LogP contribution is -2.48. The van der Waals surface area contributed by atoms with E-state index in [-0.39, 0.29) is 11.9 Å². The quantitative estimate of drug-likeness (QED) is 0.878. The first-order chi connectivity index (χ1) is 12.4. The van der Waals surface area contributed by atoms with E-state index in [4.69, 9.17) is 4.74 Å². The SMILES string of the molecule is COc1ccc(-c2cc(C(=O)N3CCC[C@H](C(=O)O)[C@@H]3C)sc2C)cc1. The van der Waals surface area contributed by atoms with Crippen LogP contribution < -0.4 is 4.74 Å². The number of carboxylic acid groups (broad SMARTS) is 1. The van der Waals surface area contributed by atoms with Gasteiger partial charge in [0.2, 0.25) is 0 Å². The number of carbonyl (C=O) groups is 2. The molecule has 0 aliphatic carbocycles. The molecular formula is C20H23NO4S. The molecule has 0 unspecified atom stereocenters. The molecule has 0 radical (unpaired) electrons. The van der Waals surface area contributed by atoms with Gasteiger partial charge in [-0.15, -0.1) is 11.3 Å². The van der Waals surface area contributed by atoms with Crippen LogP contribution >= 0.6 is 11.3 Å². The van der Waals surface area contributed by atoms with Crippen molar-refractivity contribution in [3.05, 3.63) is 40.1 Å². The van der Waals surface area contributed by atoms with Gasteiger partial charge < -0.3 is 14.7 Å². The zero-order valence-electron chi connectivity index (χ0n) is 15.2. The van der Waals surface area contributed by atoms with E-state index >= 15 is 0 Å². The van der Waals surface area contributed by atoms with Gasteiger partial charge in [0.1, 0.15) is 5.75 Å². The number of amides is 1. The minimum absolute atomic E-state index is 0.0729. The van der Waals surface area contributed by atoms with E-state index in [1.165, 1.54) is 11.3 Å². The Balaban J connectivity index is 1.85. The number of aryl methyl sites for hydroxylation is 1. The van der Waals surface area contributed by atoms with Crippen LogP contribution in [-0.4, -0.2) is 41.6 Å².